The fourth-order valence-corrected chi connectivity index (χ4v) is 2.41. The highest BCUT2D eigenvalue weighted by Gasteiger charge is 2.13. The molecule has 0 radical (unpaired) electrons. The molecule has 0 N–H and O–H groups in total. The van der Waals surface area contributed by atoms with E-state index >= 15 is 0 Å². The predicted octanol–water partition coefficient (Wildman–Crippen LogP) is 3.33. The second-order valence-electron chi connectivity index (χ2n) is 4.54. The van der Waals surface area contributed by atoms with Gasteiger partial charge in [-0.1, -0.05) is 0 Å². The fourth-order valence-electron chi connectivity index (χ4n) is 2.41. The Morgan fingerprint density at radius 2 is 1.75 bits per heavy atom. The van der Waals surface area contributed by atoms with Crippen molar-refractivity contribution in [1.82, 2.24) is 9.38 Å². The fraction of sp³-hybridized carbons (Fsp3) is 0.188. The van der Waals surface area contributed by atoms with Crippen LogP contribution >= 0.6 is 0 Å². The highest BCUT2D eigenvalue weighted by molar-refractivity contribution is 5.70. The van der Waals surface area contributed by atoms with E-state index in [0.717, 1.165) is 34.1 Å². The molecular formula is C16H16N2O2. The maximum absolute atomic E-state index is 5.36. The number of ether oxygens (including phenoxy) is 2. The van der Waals surface area contributed by atoms with Crippen molar-refractivity contribution in [2.75, 3.05) is 14.2 Å². The average Bonchev–Trinajstić information content (AvgIpc) is 2.83. The van der Waals surface area contributed by atoms with Gasteiger partial charge in [-0.2, -0.15) is 0 Å². The Labute approximate surface area is 117 Å². The summed E-state index contributed by atoms with van der Waals surface area (Å²) in [4.78, 5) is 4.61. The van der Waals surface area contributed by atoms with Gasteiger partial charge in [0.1, 0.15) is 5.75 Å². The highest BCUT2D eigenvalue weighted by atomic mass is 16.5. The highest BCUT2D eigenvalue weighted by Crippen LogP contribution is 2.29. The van der Waals surface area contributed by atoms with Crippen molar-refractivity contribution in [2.45, 2.75) is 6.92 Å². The molecule has 0 aliphatic carbocycles. The Morgan fingerprint density at radius 1 is 1.00 bits per heavy atom. The lowest BCUT2D eigenvalue weighted by molar-refractivity contribution is 0.415. The Bertz CT molecular complexity index is 745. The molecule has 102 valence electrons. The lowest BCUT2D eigenvalue weighted by atomic mass is 10.1. The molecule has 0 fully saturated rings. The number of pyridine rings is 1. The van der Waals surface area contributed by atoms with Crippen LogP contribution in [-0.4, -0.2) is 23.6 Å². The molecule has 0 amide bonds. The molecule has 3 aromatic rings. The minimum Gasteiger partial charge on any atom is -0.497 e. The number of hydrogen-bond donors (Lipinski definition) is 0. The zero-order valence-electron chi connectivity index (χ0n) is 11.8. The topological polar surface area (TPSA) is 35.8 Å². The van der Waals surface area contributed by atoms with Crippen LogP contribution in [0, 0.1) is 6.92 Å². The minimum absolute atomic E-state index is 0.773. The molecule has 2 aromatic heterocycles. The van der Waals surface area contributed by atoms with Gasteiger partial charge < -0.3 is 9.47 Å². The third kappa shape index (κ3) is 1.90. The molecule has 0 saturated heterocycles. The summed E-state index contributed by atoms with van der Waals surface area (Å²) in [6.07, 6.45) is 2.00. The monoisotopic (exact) mass is 268 g/mol. The van der Waals surface area contributed by atoms with Gasteiger partial charge in [0.15, 0.2) is 11.4 Å². The van der Waals surface area contributed by atoms with Crippen LogP contribution in [0.2, 0.25) is 0 Å². The number of methoxy groups -OCH3 is 2. The van der Waals surface area contributed by atoms with E-state index in [1.807, 2.05) is 49.5 Å². The summed E-state index contributed by atoms with van der Waals surface area (Å²) in [5.41, 5.74) is 3.98. The summed E-state index contributed by atoms with van der Waals surface area (Å²) in [6, 6.07) is 11.9. The summed E-state index contributed by atoms with van der Waals surface area (Å²) in [7, 11) is 3.33. The van der Waals surface area contributed by atoms with E-state index in [0.29, 0.717) is 0 Å². The van der Waals surface area contributed by atoms with Gasteiger partial charge in [0.25, 0.3) is 0 Å². The minimum atomic E-state index is 0.773. The Kier molecular flexibility index (Phi) is 3.06. The first-order valence-electron chi connectivity index (χ1n) is 6.40. The van der Waals surface area contributed by atoms with Crippen LogP contribution < -0.4 is 9.47 Å². The first kappa shape index (κ1) is 12.5. The molecule has 0 aliphatic heterocycles. The van der Waals surface area contributed by atoms with Gasteiger partial charge in [0.05, 0.1) is 25.6 Å². The molecule has 0 unspecified atom stereocenters. The Hall–Kier alpha value is -2.49. The SMILES string of the molecule is COc1ccc(-c2c(C)nc3c(OC)cccn23)cc1. The van der Waals surface area contributed by atoms with E-state index in [1.54, 1.807) is 14.2 Å². The van der Waals surface area contributed by atoms with Crippen molar-refractivity contribution in [2.24, 2.45) is 0 Å². The molecular weight excluding hydrogens is 252 g/mol. The first-order valence-corrected chi connectivity index (χ1v) is 6.40. The Morgan fingerprint density at radius 3 is 2.40 bits per heavy atom. The number of nitrogens with zero attached hydrogens (tertiary/aromatic N) is 2. The van der Waals surface area contributed by atoms with Crippen LogP contribution in [0.5, 0.6) is 11.5 Å². The maximum atomic E-state index is 5.36. The third-order valence-corrected chi connectivity index (χ3v) is 3.37. The summed E-state index contributed by atoms with van der Waals surface area (Å²) in [6.45, 7) is 2.01. The zero-order chi connectivity index (χ0) is 14.1. The summed E-state index contributed by atoms with van der Waals surface area (Å²) >= 11 is 0. The van der Waals surface area contributed by atoms with Gasteiger partial charge in [0, 0.05) is 11.8 Å². The van der Waals surface area contributed by atoms with Crippen molar-refractivity contribution in [3.05, 3.63) is 48.3 Å². The number of benzene rings is 1. The summed E-state index contributed by atoms with van der Waals surface area (Å²) in [5, 5.41) is 0. The smallest absolute Gasteiger partial charge is 0.180 e. The van der Waals surface area contributed by atoms with E-state index < -0.39 is 0 Å². The second kappa shape index (κ2) is 4.89. The van der Waals surface area contributed by atoms with Crippen LogP contribution in [0.3, 0.4) is 0 Å². The lowest BCUT2D eigenvalue weighted by Gasteiger charge is -2.06. The molecule has 4 nitrogen and oxygen atoms in total. The Balaban J connectivity index is 2.22. The van der Waals surface area contributed by atoms with E-state index in [1.165, 1.54) is 0 Å². The summed E-state index contributed by atoms with van der Waals surface area (Å²) in [5.74, 6) is 1.62. The van der Waals surface area contributed by atoms with E-state index in [-0.39, 0.29) is 0 Å². The predicted molar refractivity (Wildman–Crippen MR) is 78.5 cm³/mol. The van der Waals surface area contributed by atoms with Gasteiger partial charge in [-0.25, -0.2) is 4.98 Å². The normalized spacial score (nSPS) is 10.8. The van der Waals surface area contributed by atoms with E-state index in [4.69, 9.17) is 9.47 Å². The molecule has 0 aliphatic rings. The van der Waals surface area contributed by atoms with Crippen LogP contribution in [-0.2, 0) is 0 Å². The third-order valence-electron chi connectivity index (χ3n) is 3.37. The maximum Gasteiger partial charge on any atom is 0.180 e. The number of imidazole rings is 1. The molecule has 4 heteroatoms. The van der Waals surface area contributed by atoms with Crippen molar-refractivity contribution >= 4 is 5.65 Å². The van der Waals surface area contributed by atoms with Crippen LogP contribution in [0.15, 0.2) is 42.6 Å². The molecule has 3 rings (SSSR count). The molecule has 2 heterocycles. The molecule has 1 aromatic carbocycles. The van der Waals surface area contributed by atoms with Crippen molar-refractivity contribution in [3.8, 4) is 22.8 Å². The molecule has 0 saturated carbocycles. The molecule has 20 heavy (non-hydrogen) atoms. The van der Waals surface area contributed by atoms with Crippen molar-refractivity contribution < 1.29 is 9.47 Å². The quantitative estimate of drug-likeness (QED) is 0.731. The molecule has 0 spiro atoms. The molecule has 0 bridgehead atoms. The number of hydrogen-bond acceptors (Lipinski definition) is 3. The second-order valence-corrected chi connectivity index (χ2v) is 4.54. The van der Waals surface area contributed by atoms with Gasteiger partial charge in [-0.3, -0.25) is 4.40 Å². The first-order chi connectivity index (χ1) is 9.74. The number of aromatic nitrogens is 2. The largest absolute Gasteiger partial charge is 0.497 e. The van der Waals surface area contributed by atoms with Crippen LogP contribution in [0.1, 0.15) is 5.69 Å². The van der Waals surface area contributed by atoms with Gasteiger partial charge in [-0.05, 0) is 43.3 Å². The number of aryl methyl sites for hydroxylation is 1. The van der Waals surface area contributed by atoms with Gasteiger partial charge in [0.2, 0.25) is 0 Å². The molecule has 0 atom stereocenters. The standard InChI is InChI=1S/C16H16N2O2/c1-11-15(12-6-8-13(19-2)9-7-12)18-10-4-5-14(20-3)16(18)17-11/h4-10H,1-3H3. The van der Waals surface area contributed by atoms with Gasteiger partial charge in [-0.15, -0.1) is 0 Å². The van der Waals surface area contributed by atoms with Crippen LogP contribution in [0.25, 0.3) is 16.9 Å². The van der Waals surface area contributed by atoms with Gasteiger partial charge >= 0.3 is 0 Å². The number of rotatable bonds is 3. The lowest BCUT2D eigenvalue weighted by Crippen LogP contribution is -1.92. The average molecular weight is 268 g/mol. The van der Waals surface area contributed by atoms with Crippen molar-refractivity contribution in [3.63, 3.8) is 0 Å². The summed E-state index contributed by atoms with van der Waals surface area (Å²) < 4.78 is 12.6. The van der Waals surface area contributed by atoms with E-state index in [9.17, 15) is 0 Å². The van der Waals surface area contributed by atoms with Crippen LogP contribution in [0.4, 0.5) is 0 Å². The van der Waals surface area contributed by atoms with E-state index in [2.05, 4.69) is 9.38 Å². The van der Waals surface area contributed by atoms with Crippen molar-refractivity contribution in [1.29, 1.82) is 0 Å². The zero-order valence-corrected chi connectivity index (χ0v) is 11.8. The number of fused-ring (bicyclic) bond motifs is 1.